The molecule has 0 aliphatic heterocycles. The highest BCUT2D eigenvalue weighted by atomic mass is 19.1. The molecule has 0 spiro atoms. The van der Waals surface area contributed by atoms with E-state index < -0.39 is 11.6 Å². The molecule has 0 bridgehead atoms. The van der Waals surface area contributed by atoms with Gasteiger partial charge in [-0.25, -0.2) is 8.78 Å². The number of unbranched alkanes of at least 4 members (excludes halogenated alkanes) is 3. The average Bonchev–Trinajstić information content (AvgIpc) is 2.65. The Labute approximate surface area is 157 Å². The monoisotopic (exact) mass is 358 g/mol. The minimum absolute atomic E-state index is 0.0938. The summed E-state index contributed by atoms with van der Waals surface area (Å²) in [5.74, 6) is 1.02. The van der Waals surface area contributed by atoms with Gasteiger partial charge in [0.2, 0.25) is 0 Å². The number of rotatable bonds is 7. The van der Waals surface area contributed by atoms with Crippen molar-refractivity contribution in [2.75, 3.05) is 0 Å². The van der Waals surface area contributed by atoms with Gasteiger partial charge in [-0.3, -0.25) is 0 Å². The van der Waals surface area contributed by atoms with Crippen molar-refractivity contribution < 1.29 is 8.78 Å². The van der Waals surface area contributed by atoms with Crippen LogP contribution in [-0.4, -0.2) is 0 Å². The lowest BCUT2D eigenvalue weighted by Crippen LogP contribution is -2.25. The Morgan fingerprint density at radius 3 is 2.23 bits per heavy atom. The van der Waals surface area contributed by atoms with E-state index in [2.05, 4.69) is 25.2 Å². The van der Waals surface area contributed by atoms with Gasteiger partial charge in [-0.05, 0) is 48.3 Å². The Balaban J connectivity index is 1.59. The van der Waals surface area contributed by atoms with Crippen LogP contribution in [-0.2, 0) is 0 Å². The third-order valence-electron chi connectivity index (χ3n) is 6.35. The van der Waals surface area contributed by atoms with Gasteiger partial charge in [0.05, 0.1) is 0 Å². The van der Waals surface area contributed by atoms with Crippen molar-refractivity contribution in [1.82, 2.24) is 0 Å². The highest BCUT2D eigenvalue weighted by molar-refractivity contribution is 5.32. The molecule has 1 saturated carbocycles. The third kappa shape index (κ3) is 5.05. The first-order valence-corrected chi connectivity index (χ1v) is 10.5. The third-order valence-corrected chi connectivity index (χ3v) is 6.35. The van der Waals surface area contributed by atoms with Crippen LogP contribution in [0.25, 0.3) is 0 Å². The summed E-state index contributed by atoms with van der Waals surface area (Å²) in [5, 5.41) is 0. The van der Waals surface area contributed by atoms with Gasteiger partial charge in [0, 0.05) is 12.0 Å². The molecule has 26 heavy (non-hydrogen) atoms. The first-order valence-electron chi connectivity index (χ1n) is 10.5. The van der Waals surface area contributed by atoms with Crippen molar-refractivity contribution in [2.45, 2.75) is 70.6 Å². The molecule has 0 saturated heterocycles. The average molecular weight is 359 g/mol. The van der Waals surface area contributed by atoms with E-state index in [1.807, 2.05) is 6.08 Å². The fourth-order valence-corrected chi connectivity index (χ4v) is 4.90. The second kappa shape index (κ2) is 9.48. The van der Waals surface area contributed by atoms with Gasteiger partial charge in [0.15, 0.2) is 0 Å². The largest absolute Gasteiger partial charge is 0.207 e. The SMILES string of the molecule is CCCCCCC1CCC(C2C=CC=CC2c2cc(F)cc(F)c2)CC1. The lowest BCUT2D eigenvalue weighted by atomic mass is 9.68. The maximum absolute atomic E-state index is 13.7. The predicted molar refractivity (Wildman–Crippen MR) is 105 cm³/mol. The number of benzene rings is 1. The summed E-state index contributed by atoms with van der Waals surface area (Å²) in [6, 6.07) is 3.97. The van der Waals surface area contributed by atoms with Crippen LogP contribution in [0, 0.1) is 29.4 Å². The minimum Gasteiger partial charge on any atom is -0.207 e. The van der Waals surface area contributed by atoms with Gasteiger partial charge in [0.25, 0.3) is 0 Å². The lowest BCUT2D eigenvalue weighted by Gasteiger charge is -2.37. The molecule has 142 valence electrons. The maximum Gasteiger partial charge on any atom is 0.126 e. The molecule has 2 heteroatoms. The van der Waals surface area contributed by atoms with Crippen LogP contribution in [0.4, 0.5) is 8.78 Å². The van der Waals surface area contributed by atoms with Crippen LogP contribution in [0.2, 0.25) is 0 Å². The van der Waals surface area contributed by atoms with Crippen molar-refractivity contribution >= 4 is 0 Å². The van der Waals surface area contributed by atoms with E-state index in [1.54, 1.807) is 0 Å². The Kier molecular flexibility index (Phi) is 7.05. The highest BCUT2D eigenvalue weighted by Gasteiger charge is 2.32. The molecule has 1 aromatic rings. The van der Waals surface area contributed by atoms with E-state index in [0.29, 0.717) is 11.8 Å². The summed E-state index contributed by atoms with van der Waals surface area (Å²) in [6.45, 7) is 2.26. The van der Waals surface area contributed by atoms with Gasteiger partial charge in [-0.15, -0.1) is 0 Å². The van der Waals surface area contributed by atoms with E-state index >= 15 is 0 Å². The first kappa shape index (κ1) is 19.3. The Morgan fingerprint density at radius 1 is 0.846 bits per heavy atom. The maximum atomic E-state index is 13.7. The van der Waals surface area contributed by atoms with Crippen LogP contribution in [0.15, 0.2) is 42.5 Å². The first-order chi connectivity index (χ1) is 12.7. The van der Waals surface area contributed by atoms with E-state index in [4.69, 9.17) is 0 Å². The summed E-state index contributed by atoms with van der Waals surface area (Å²) in [5.41, 5.74) is 0.773. The minimum atomic E-state index is -0.475. The summed E-state index contributed by atoms with van der Waals surface area (Å²) in [4.78, 5) is 0. The second-order valence-corrected chi connectivity index (χ2v) is 8.21. The van der Waals surface area contributed by atoms with E-state index in [9.17, 15) is 8.78 Å². The van der Waals surface area contributed by atoms with Crippen LogP contribution >= 0.6 is 0 Å². The van der Waals surface area contributed by atoms with Crippen LogP contribution in [0.3, 0.4) is 0 Å². The fourth-order valence-electron chi connectivity index (χ4n) is 4.90. The molecule has 0 radical (unpaired) electrons. The highest BCUT2D eigenvalue weighted by Crippen LogP contribution is 2.43. The molecule has 1 fully saturated rings. The van der Waals surface area contributed by atoms with Gasteiger partial charge >= 0.3 is 0 Å². The summed E-state index contributed by atoms with van der Waals surface area (Å²) in [7, 11) is 0. The van der Waals surface area contributed by atoms with Gasteiger partial charge in [0.1, 0.15) is 11.6 Å². The zero-order valence-corrected chi connectivity index (χ0v) is 16.0. The summed E-state index contributed by atoms with van der Waals surface area (Å²) < 4.78 is 27.4. The molecule has 0 aromatic heterocycles. The zero-order valence-electron chi connectivity index (χ0n) is 16.0. The summed E-state index contributed by atoms with van der Waals surface area (Å²) >= 11 is 0. The molecule has 3 rings (SSSR count). The molecule has 2 aliphatic carbocycles. The van der Waals surface area contributed by atoms with Crippen molar-refractivity contribution in [2.24, 2.45) is 17.8 Å². The molecule has 0 N–H and O–H groups in total. The number of hydrogen-bond donors (Lipinski definition) is 0. The van der Waals surface area contributed by atoms with Crippen LogP contribution in [0.1, 0.15) is 76.2 Å². The fraction of sp³-hybridized carbons (Fsp3) is 0.583. The van der Waals surface area contributed by atoms with Gasteiger partial charge < -0.3 is 0 Å². The molecular weight excluding hydrogens is 326 g/mol. The topological polar surface area (TPSA) is 0 Å². The van der Waals surface area contributed by atoms with Crippen molar-refractivity contribution in [1.29, 1.82) is 0 Å². The van der Waals surface area contributed by atoms with Crippen molar-refractivity contribution in [3.8, 4) is 0 Å². The van der Waals surface area contributed by atoms with Gasteiger partial charge in [-0.1, -0.05) is 76.2 Å². The quantitative estimate of drug-likeness (QED) is 0.441. The lowest BCUT2D eigenvalue weighted by molar-refractivity contribution is 0.209. The zero-order chi connectivity index (χ0) is 18.4. The van der Waals surface area contributed by atoms with Crippen LogP contribution in [0.5, 0.6) is 0 Å². The number of allylic oxidation sites excluding steroid dienone is 4. The van der Waals surface area contributed by atoms with Crippen molar-refractivity contribution in [3.05, 3.63) is 59.7 Å². The Morgan fingerprint density at radius 2 is 1.54 bits per heavy atom. The molecule has 2 unspecified atom stereocenters. The second-order valence-electron chi connectivity index (χ2n) is 8.21. The molecule has 0 nitrogen and oxygen atoms in total. The molecule has 2 atom stereocenters. The standard InChI is InChI=1S/C24H32F2/c1-2-3-4-5-8-18-11-13-19(14-12-18)23-9-6-7-10-24(23)20-15-21(25)17-22(26)16-20/h6-7,9-10,15-19,23-24H,2-5,8,11-14H2,1H3. The molecule has 2 aliphatic rings. The van der Waals surface area contributed by atoms with E-state index in [1.165, 1.54) is 69.9 Å². The van der Waals surface area contributed by atoms with Crippen molar-refractivity contribution in [3.63, 3.8) is 0 Å². The molecule has 0 amide bonds. The summed E-state index contributed by atoms with van der Waals surface area (Å²) in [6.07, 6.45) is 20.4. The predicted octanol–water partition coefficient (Wildman–Crippen LogP) is 7.57. The van der Waals surface area contributed by atoms with Gasteiger partial charge in [-0.2, -0.15) is 0 Å². The molecule has 0 heterocycles. The Bertz CT molecular complexity index is 603. The van der Waals surface area contributed by atoms with E-state index in [-0.39, 0.29) is 5.92 Å². The van der Waals surface area contributed by atoms with E-state index in [0.717, 1.165) is 17.5 Å². The molecule has 1 aromatic carbocycles. The normalized spacial score (nSPS) is 28.4. The Hall–Kier alpha value is -1.44. The van der Waals surface area contributed by atoms with Crippen LogP contribution < -0.4 is 0 Å². The number of halogens is 2. The number of hydrogen-bond acceptors (Lipinski definition) is 0. The smallest absolute Gasteiger partial charge is 0.126 e. The molecular formula is C24H32F2.